The maximum Gasteiger partial charge on any atom is 0.407 e. The molecule has 0 aliphatic heterocycles. The van der Waals surface area contributed by atoms with Gasteiger partial charge in [-0.1, -0.05) is 66.0 Å². The largest absolute Gasteiger partial charge is 0.446 e. The van der Waals surface area contributed by atoms with Gasteiger partial charge in [0.2, 0.25) is 0 Å². The molecule has 0 bridgehead atoms. The average Bonchev–Trinajstić information content (AvgIpc) is 3.20. The van der Waals surface area contributed by atoms with Crippen LogP contribution in [-0.4, -0.2) is 24.3 Å². The van der Waals surface area contributed by atoms with Crippen molar-refractivity contribution in [2.75, 3.05) is 6.54 Å². The monoisotopic (exact) mass is 564 g/mol. The Morgan fingerprint density at radius 1 is 1.10 bits per heavy atom. The van der Waals surface area contributed by atoms with Crippen molar-refractivity contribution >= 4 is 18.5 Å². The van der Waals surface area contributed by atoms with Gasteiger partial charge in [-0.25, -0.2) is 4.79 Å². The first-order valence-corrected chi connectivity index (χ1v) is 16.2. The van der Waals surface area contributed by atoms with Crippen LogP contribution in [0.3, 0.4) is 0 Å². The predicted octanol–water partition coefficient (Wildman–Crippen LogP) is 8.92. The summed E-state index contributed by atoms with van der Waals surface area (Å²) in [7, 11) is 0. The van der Waals surface area contributed by atoms with Gasteiger partial charge >= 0.3 is 6.09 Å². The van der Waals surface area contributed by atoms with E-state index in [1.54, 1.807) is 5.57 Å². The van der Waals surface area contributed by atoms with E-state index in [4.69, 9.17) is 10.5 Å². The maximum atomic E-state index is 12.4. The third-order valence-corrected chi connectivity index (χ3v) is 12.2. The predicted molar refractivity (Wildman–Crippen MR) is 166 cm³/mol. The molecule has 9 atom stereocenters. The second-order valence-electron chi connectivity index (χ2n) is 15.6. The van der Waals surface area contributed by atoms with Crippen LogP contribution in [0.5, 0.6) is 0 Å². The third-order valence-electron chi connectivity index (χ3n) is 12.2. The zero-order valence-electron chi connectivity index (χ0n) is 26.5. The zero-order valence-corrected chi connectivity index (χ0v) is 27.3. The lowest BCUT2D eigenvalue weighted by Crippen LogP contribution is -2.51. The van der Waals surface area contributed by atoms with Gasteiger partial charge in [-0.15, -0.1) is 12.4 Å². The molecule has 3 saturated carbocycles. The van der Waals surface area contributed by atoms with Crippen LogP contribution >= 0.6 is 12.4 Å². The van der Waals surface area contributed by atoms with Crippen molar-refractivity contribution < 1.29 is 9.53 Å². The van der Waals surface area contributed by atoms with Crippen molar-refractivity contribution in [1.29, 1.82) is 0 Å². The SMILES string of the molecule is CC[C@H](CC[C@@H](C)[C@H]1CC[C@H]2[C@@H]3CC=C4C[C@@H](OC(=O)NCC(C)(C)N)CC[C@]4(C)[C@H]3CC[C@]12C)C(C)C.Cl. The van der Waals surface area contributed by atoms with Crippen LogP contribution in [0.2, 0.25) is 0 Å². The number of amides is 1. The topological polar surface area (TPSA) is 64.3 Å². The smallest absolute Gasteiger partial charge is 0.407 e. The number of allylic oxidation sites excluding steroid dienone is 1. The zero-order chi connectivity index (χ0) is 27.9. The molecule has 3 fully saturated rings. The van der Waals surface area contributed by atoms with Gasteiger partial charge in [0.15, 0.2) is 0 Å². The summed E-state index contributed by atoms with van der Waals surface area (Å²) in [4.78, 5) is 12.4. The Balaban J connectivity index is 0.00000420. The van der Waals surface area contributed by atoms with Crippen molar-refractivity contribution in [2.24, 2.45) is 58.0 Å². The Morgan fingerprint density at radius 2 is 1.82 bits per heavy atom. The molecule has 1 amide bonds. The fourth-order valence-electron chi connectivity index (χ4n) is 9.88. The lowest BCUT2D eigenvalue weighted by Gasteiger charge is -2.58. The van der Waals surface area contributed by atoms with Crippen molar-refractivity contribution in [3.8, 4) is 0 Å². The summed E-state index contributed by atoms with van der Waals surface area (Å²) in [6, 6.07) is 0. The van der Waals surface area contributed by atoms with Crippen LogP contribution in [0.1, 0.15) is 126 Å². The molecule has 4 rings (SSSR count). The Bertz CT molecular complexity index is 866. The highest BCUT2D eigenvalue weighted by atomic mass is 35.5. The lowest BCUT2D eigenvalue weighted by molar-refractivity contribution is -0.0583. The molecule has 0 heterocycles. The van der Waals surface area contributed by atoms with E-state index < -0.39 is 5.54 Å². The molecule has 4 aliphatic rings. The normalized spacial score (nSPS) is 37.5. The number of rotatable bonds is 9. The van der Waals surface area contributed by atoms with Gasteiger partial charge in [-0.05, 0) is 117 Å². The summed E-state index contributed by atoms with van der Waals surface area (Å²) in [5.41, 5.74) is 7.98. The highest BCUT2D eigenvalue weighted by Gasteiger charge is 2.59. The van der Waals surface area contributed by atoms with E-state index in [2.05, 4.69) is 52.9 Å². The summed E-state index contributed by atoms with van der Waals surface area (Å²) in [6.07, 6.45) is 16.4. The van der Waals surface area contributed by atoms with Crippen LogP contribution < -0.4 is 11.1 Å². The minimum atomic E-state index is -0.427. The van der Waals surface area contributed by atoms with Crippen LogP contribution in [0, 0.1) is 52.3 Å². The average molecular weight is 565 g/mol. The second kappa shape index (κ2) is 12.6. The molecule has 0 aromatic carbocycles. The fraction of sp³-hybridized carbons (Fsp3) is 0.912. The molecular formula is C34H61ClN2O2. The van der Waals surface area contributed by atoms with Gasteiger partial charge in [0.05, 0.1) is 0 Å². The van der Waals surface area contributed by atoms with Crippen LogP contribution in [-0.2, 0) is 4.74 Å². The van der Waals surface area contributed by atoms with E-state index in [0.717, 1.165) is 60.7 Å². The van der Waals surface area contributed by atoms with Gasteiger partial charge < -0.3 is 15.8 Å². The quantitative estimate of drug-likeness (QED) is 0.275. The first-order chi connectivity index (χ1) is 17.8. The first-order valence-electron chi connectivity index (χ1n) is 16.2. The highest BCUT2D eigenvalue weighted by Crippen LogP contribution is 2.67. The molecule has 0 radical (unpaired) electrons. The number of ether oxygens (including phenoxy) is 1. The summed E-state index contributed by atoms with van der Waals surface area (Å²) < 4.78 is 5.86. The van der Waals surface area contributed by atoms with E-state index in [1.807, 2.05) is 13.8 Å². The molecule has 39 heavy (non-hydrogen) atoms. The number of hydrogen-bond acceptors (Lipinski definition) is 3. The summed E-state index contributed by atoms with van der Waals surface area (Å²) in [5, 5.41) is 2.86. The lowest BCUT2D eigenvalue weighted by atomic mass is 9.47. The third kappa shape index (κ3) is 6.85. The molecule has 226 valence electrons. The molecule has 5 heteroatoms. The van der Waals surface area contributed by atoms with Crippen molar-refractivity contribution in [1.82, 2.24) is 5.32 Å². The van der Waals surface area contributed by atoms with E-state index in [1.165, 1.54) is 51.4 Å². The van der Waals surface area contributed by atoms with Gasteiger partial charge in [-0.3, -0.25) is 0 Å². The van der Waals surface area contributed by atoms with Crippen LogP contribution in [0.4, 0.5) is 4.79 Å². The Morgan fingerprint density at radius 3 is 2.46 bits per heavy atom. The Labute approximate surface area is 246 Å². The van der Waals surface area contributed by atoms with E-state index in [0.29, 0.717) is 12.0 Å². The summed E-state index contributed by atoms with van der Waals surface area (Å²) >= 11 is 0. The maximum absolute atomic E-state index is 12.4. The molecule has 3 N–H and O–H groups in total. The number of carbonyl (C=O) groups excluding carboxylic acids is 1. The summed E-state index contributed by atoms with van der Waals surface area (Å²) in [5.74, 6) is 5.97. The number of halogens is 1. The van der Waals surface area contributed by atoms with E-state index in [-0.39, 0.29) is 30.0 Å². The minimum absolute atomic E-state index is 0. The number of fused-ring (bicyclic) bond motifs is 5. The van der Waals surface area contributed by atoms with Crippen molar-refractivity contribution in [3.63, 3.8) is 0 Å². The van der Waals surface area contributed by atoms with E-state index in [9.17, 15) is 4.79 Å². The van der Waals surface area contributed by atoms with Crippen molar-refractivity contribution in [3.05, 3.63) is 11.6 Å². The fourth-order valence-corrected chi connectivity index (χ4v) is 9.88. The molecule has 0 spiro atoms. The van der Waals surface area contributed by atoms with Crippen LogP contribution in [0.15, 0.2) is 11.6 Å². The second-order valence-corrected chi connectivity index (χ2v) is 15.6. The van der Waals surface area contributed by atoms with Crippen LogP contribution in [0.25, 0.3) is 0 Å². The van der Waals surface area contributed by atoms with Crippen molar-refractivity contribution in [2.45, 2.75) is 138 Å². The molecular weight excluding hydrogens is 504 g/mol. The Kier molecular flexibility index (Phi) is 10.6. The summed E-state index contributed by atoms with van der Waals surface area (Å²) in [6.45, 7) is 19.3. The van der Waals surface area contributed by atoms with Gasteiger partial charge in [0, 0.05) is 18.5 Å². The molecule has 0 saturated heterocycles. The van der Waals surface area contributed by atoms with Gasteiger partial charge in [0.25, 0.3) is 0 Å². The van der Waals surface area contributed by atoms with E-state index >= 15 is 0 Å². The van der Waals surface area contributed by atoms with Gasteiger partial charge in [0.1, 0.15) is 6.10 Å². The molecule has 0 unspecified atom stereocenters. The first kappa shape index (κ1) is 32.8. The number of alkyl carbamates (subject to hydrolysis) is 1. The minimum Gasteiger partial charge on any atom is -0.446 e. The molecule has 0 aromatic rings. The highest BCUT2D eigenvalue weighted by molar-refractivity contribution is 5.85. The molecule has 4 aliphatic carbocycles. The number of nitrogens with one attached hydrogen (secondary N) is 1. The number of nitrogens with two attached hydrogens (primary N) is 1. The standard InChI is InChI=1S/C34H60N2O2.ClH/c1-9-24(22(2)3)11-10-23(4)28-14-15-29-27-13-12-25-20-26(38-31(37)36-21-32(5,6)35)16-18-33(25,7)30(27)17-19-34(28,29)8;/h12,22-24,26-30H,9-11,13-21,35H2,1-8H3,(H,36,37);1H/t23-,24-,26+,27+,28-,29+,30+,33+,34-;/m1./s1. The van der Waals surface area contributed by atoms with Gasteiger partial charge in [-0.2, -0.15) is 0 Å². The Hall–Kier alpha value is -0.740. The molecule has 4 nitrogen and oxygen atoms in total. The number of hydrogen-bond donors (Lipinski definition) is 2. The molecule has 0 aromatic heterocycles. The number of carbonyl (C=O) groups is 1.